The summed E-state index contributed by atoms with van der Waals surface area (Å²) in [6.07, 6.45) is 1.01. The van der Waals surface area contributed by atoms with Crippen molar-refractivity contribution >= 4 is 29.6 Å². The van der Waals surface area contributed by atoms with Crippen LogP contribution in [0.2, 0.25) is 0 Å². The molecule has 1 fully saturated rings. The Balaban J connectivity index is 1.66. The summed E-state index contributed by atoms with van der Waals surface area (Å²) in [5, 5.41) is 2.63. The highest BCUT2D eigenvalue weighted by molar-refractivity contribution is 6.22. The fourth-order valence-corrected chi connectivity index (χ4v) is 2.83. The molecular weight excluding hydrogens is 358 g/mol. The molecule has 0 saturated carbocycles. The number of benzene rings is 2. The molecule has 144 valence electrons. The molecule has 0 bridgehead atoms. The van der Waals surface area contributed by atoms with Crippen LogP contribution in [0.4, 0.5) is 10.5 Å². The van der Waals surface area contributed by atoms with Crippen LogP contribution in [0.15, 0.2) is 60.2 Å². The van der Waals surface area contributed by atoms with Gasteiger partial charge in [-0.25, -0.2) is 9.59 Å². The molecule has 1 aliphatic heterocycles. The van der Waals surface area contributed by atoms with Crippen molar-refractivity contribution in [3.63, 3.8) is 0 Å². The van der Waals surface area contributed by atoms with Gasteiger partial charge < -0.3 is 9.47 Å². The van der Waals surface area contributed by atoms with E-state index < -0.39 is 17.7 Å². The molecule has 1 saturated heterocycles. The predicted molar refractivity (Wildman–Crippen MR) is 104 cm³/mol. The van der Waals surface area contributed by atoms with Crippen LogP contribution in [0.5, 0.6) is 0 Å². The Kier molecular flexibility index (Phi) is 5.59. The molecule has 6 heteroatoms. The summed E-state index contributed by atoms with van der Waals surface area (Å²) in [7, 11) is 0. The lowest BCUT2D eigenvalue weighted by Gasteiger charge is -2.29. The molecule has 28 heavy (non-hydrogen) atoms. The smallest absolute Gasteiger partial charge is 0.411 e. The average Bonchev–Trinajstić information content (AvgIpc) is 2.63. The average molecular weight is 379 g/mol. The second-order valence-corrected chi connectivity index (χ2v) is 7.12. The molecule has 6 nitrogen and oxygen atoms in total. The Morgan fingerprint density at radius 3 is 2.61 bits per heavy atom. The molecule has 1 heterocycles. The first-order valence-electron chi connectivity index (χ1n) is 8.88. The molecule has 1 aliphatic rings. The van der Waals surface area contributed by atoms with Crippen molar-refractivity contribution in [1.29, 1.82) is 0 Å². The molecule has 2 aromatic carbocycles. The summed E-state index contributed by atoms with van der Waals surface area (Å²) >= 11 is 0. The van der Waals surface area contributed by atoms with Crippen LogP contribution in [-0.4, -0.2) is 23.4 Å². The van der Waals surface area contributed by atoms with E-state index in [-0.39, 0.29) is 24.4 Å². The van der Waals surface area contributed by atoms with Crippen molar-refractivity contribution in [3.8, 4) is 0 Å². The summed E-state index contributed by atoms with van der Waals surface area (Å²) in [5.74, 6) is -0.899. The van der Waals surface area contributed by atoms with E-state index in [4.69, 9.17) is 9.47 Å². The first kappa shape index (κ1) is 19.4. The van der Waals surface area contributed by atoms with Gasteiger partial charge in [-0.3, -0.25) is 10.1 Å². The molecule has 0 radical (unpaired) electrons. The number of hydrogen-bond acceptors (Lipinski definition) is 5. The third-order valence-corrected chi connectivity index (χ3v) is 4.13. The first-order chi connectivity index (χ1) is 13.3. The van der Waals surface area contributed by atoms with E-state index in [0.717, 1.165) is 5.56 Å². The number of carbonyl (C=O) groups excluding carboxylic acids is 3. The van der Waals surface area contributed by atoms with Crippen LogP contribution >= 0.6 is 0 Å². The normalized spacial score (nSPS) is 17.1. The number of hydrogen-bond donors (Lipinski definition) is 1. The number of nitrogens with one attached hydrogen (secondary N) is 1. The Bertz CT molecular complexity index is 909. The van der Waals surface area contributed by atoms with Crippen LogP contribution in [0, 0.1) is 0 Å². The van der Waals surface area contributed by atoms with Gasteiger partial charge >= 0.3 is 12.1 Å². The minimum atomic E-state index is -0.794. The van der Waals surface area contributed by atoms with Gasteiger partial charge in [0.2, 0.25) is 0 Å². The van der Waals surface area contributed by atoms with Crippen molar-refractivity contribution in [2.75, 3.05) is 5.32 Å². The Morgan fingerprint density at radius 1 is 1.14 bits per heavy atom. The second-order valence-electron chi connectivity index (χ2n) is 7.12. The summed E-state index contributed by atoms with van der Waals surface area (Å²) < 4.78 is 10.5. The van der Waals surface area contributed by atoms with Gasteiger partial charge in [0, 0.05) is 5.69 Å². The van der Waals surface area contributed by atoms with E-state index in [2.05, 4.69) is 5.32 Å². The van der Waals surface area contributed by atoms with Gasteiger partial charge in [-0.1, -0.05) is 42.5 Å². The molecular formula is C22H21NO5. The maximum absolute atomic E-state index is 12.2. The number of ketones is 1. The van der Waals surface area contributed by atoms with Gasteiger partial charge in [0.25, 0.3) is 0 Å². The fraction of sp³-hybridized carbons (Fsp3) is 0.227. The van der Waals surface area contributed by atoms with Crippen LogP contribution in [0.25, 0.3) is 6.08 Å². The topological polar surface area (TPSA) is 81.7 Å². The lowest BCUT2D eigenvalue weighted by Crippen LogP contribution is -2.39. The maximum atomic E-state index is 12.2. The lowest BCUT2D eigenvalue weighted by atomic mass is 9.92. The molecule has 1 N–H and O–H groups in total. The number of Topliss-reactive ketones (excluding diaryl/α,β-unsaturated/α-hetero) is 1. The molecule has 3 rings (SSSR count). The molecule has 0 unspecified atom stereocenters. The van der Waals surface area contributed by atoms with Gasteiger partial charge in [0.05, 0.1) is 6.42 Å². The Morgan fingerprint density at radius 2 is 1.89 bits per heavy atom. The standard InChI is InChI=1S/C22H21NO5/c1-22(2)13-19(24)18(20(25)28-22)12-16-9-6-10-17(11-16)23-21(26)27-14-15-7-4-3-5-8-15/h3-12H,13-14H2,1-2H3,(H,23,26)/b18-12-. The summed E-state index contributed by atoms with van der Waals surface area (Å²) in [4.78, 5) is 36.3. The largest absolute Gasteiger partial charge is 0.455 e. The molecule has 0 aliphatic carbocycles. The van der Waals surface area contributed by atoms with Crippen molar-refractivity contribution in [3.05, 3.63) is 71.3 Å². The molecule has 0 aromatic heterocycles. The Labute approximate surface area is 163 Å². The van der Waals surface area contributed by atoms with Gasteiger partial charge in [-0.05, 0) is 43.2 Å². The molecule has 2 aromatic rings. The monoisotopic (exact) mass is 379 g/mol. The molecule has 0 atom stereocenters. The third kappa shape index (κ3) is 5.07. The van der Waals surface area contributed by atoms with Gasteiger partial charge in [-0.15, -0.1) is 0 Å². The molecule has 0 spiro atoms. The van der Waals surface area contributed by atoms with E-state index in [1.807, 2.05) is 30.3 Å². The minimum absolute atomic E-state index is 0.00290. The second kappa shape index (κ2) is 8.08. The highest BCUT2D eigenvalue weighted by Crippen LogP contribution is 2.27. The van der Waals surface area contributed by atoms with Crippen LogP contribution in [-0.2, 0) is 25.7 Å². The van der Waals surface area contributed by atoms with Crippen LogP contribution in [0.3, 0.4) is 0 Å². The van der Waals surface area contributed by atoms with Gasteiger partial charge in [-0.2, -0.15) is 0 Å². The van der Waals surface area contributed by atoms with Gasteiger partial charge in [0.1, 0.15) is 17.8 Å². The zero-order valence-corrected chi connectivity index (χ0v) is 15.7. The van der Waals surface area contributed by atoms with Crippen molar-refractivity contribution in [2.45, 2.75) is 32.5 Å². The summed E-state index contributed by atoms with van der Waals surface area (Å²) in [5.41, 5.74) is 1.18. The number of amides is 1. The quantitative estimate of drug-likeness (QED) is 0.491. The van der Waals surface area contributed by atoms with Gasteiger partial charge in [0.15, 0.2) is 5.78 Å². The van der Waals surface area contributed by atoms with Crippen LogP contribution in [0.1, 0.15) is 31.4 Å². The number of ether oxygens (including phenoxy) is 2. The maximum Gasteiger partial charge on any atom is 0.411 e. The SMILES string of the molecule is CC1(C)CC(=O)/C(=C/c2cccc(NC(=O)OCc3ccccc3)c2)C(=O)O1. The third-order valence-electron chi connectivity index (χ3n) is 4.13. The van der Waals surface area contributed by atoms with Crippen LogP contribution < -0.4 is 5.32 Å². The summed E-state index contributed by atoms with van der Waals surface area (Å²) in [6.45, 7) is 3.56. The molecule has 1 amide bonds. The van der Waals surface area contributed by atoms with Crippen molar-refractivity contribution in [2.24, 2.45) is 0 Å². The number of carbonyl (C=O) groups is 3. The minimum Gasteiger partial charge on any atom is -0.455 e. The Hall–Kier alpha value is -3.41. The van der Waals surface area contributed by atoms with E-state index in [1.54, 1.807) is 38.1 Å². The number of rotatable bonds is 4. The fourth-order valence-electron chi connectivity index (χ4n) is 2.83. The van der Waals surface area contributed by atoms with Crippen molar-refractivity contribution < 1.29 is 23.9 Å². The zero-order chi connectivity index (χ0) is 20.1. The highest BCUT2D eigenvalue weighted by atomic mass is 16.6. The predicted octanol–water partition coefficient (Wildman–Crippen LogP) is 4.11. The van der Waals surface area contributed by atoms with Crippen molar-refractivity contribution in [1.82, 2.24) is 0 Å². The number of cyclic esters (lactones) is 1. The van der Waals surface area contributed by atoms with E-state index >= 15 is 0 Å². The summed E-state index contributed by atoms with van der Waals surface area (Å²) in [6, 6.07) is 16.1. The lowest BCUT2D eigenvalue weighted by molar-refractivity contribution is -0.158. The van der Waals surface area contributed by atoms with E-state index in [9.17, 15) is 14.4 Å². The number of esters is 1. The highest BCUT2D eigenvalue weighted by Gasteiger charge is 2.37. The van der Waals surface area contributed by atoms with E-state index in [0.29, 0.717) is 11.3 Å². The zero-order valence-electron chi connectivity index (χ0n) is 15.7. The van der Waals surface area contributed by atoms with E-state index in [1.165, 1.54) is 6.08 Å². The first-order valence-corrected chi connectivity index (χ1v) is 8.88. The number of anilines is 1.